The number of nitrogens with zero attached hydrogens (tertiary/aromatic N) is 6. The lowest BCUT2D eigenvalue weighted by Crippen LogP contribution is -2.16. The van der Waals surface area contributed by atoms with Crippen molar-refractivity contribution in [3.05, 3.63) is 81.6 Å². The number of fused-ring (bicyclic) bond motifs is 1. The first kappa shape index (κ1) is 16.9. The molecule has 0 aliphatic carbocycles. The molecule has 0 spiro atoms. The molecule has 134 valence electrons. The van der Waals surface area contributed by atoms with E-state index < -0.39 is 5.97 Å². The molecule has 10 heteroatoms. The minimum absolute atomic E-state index is 0.137. The number of carbonyl (C=O) groups excluding carboxylic acids is 1. The Balaban J connectivity index is 1.53. The maximum absolute atomic E-state index is 12.3. The molecule has 4 rings (SSSR count). The summed E-state index contributed by atoms with van der Waals surface area (Å²) in [5.74, 6) is -0.553. The van der Waals surface area contributed by atoms with Crippen molar-refractivity contribution in [2.24, 2.45) is 0 Å². The van der Waals surface area contributed by atoms with Crippen LogP contribution in [-0.4, -0.2) is 35.6 Å². The second-order valence-corrected chi connectivity index (χ2v) is 5.98. The van der Waals surface area contributed by atoms with Gasteiger partial charge >= 0.3 is 5.97 Å². The number of carbonyl (C=O) groups is 1. The van der Waals surface area contributed by atoms with Crippen molar-refractivity contribution in [1.82, 2.24) is 29.6 Å². The Hall–Kier alpha value is -3.59. The molecule has 0 amide bonds. The van der Waals surface area contributed by atoms with E-state index in [2.05, 4.69) is 20.5 Å². The molecule has 0 radical (unpaired) electrons. The summed E-state index contributed by atoms with van der Waals surface area (Å²) in [4.78, 5) is 28.8. The molecule has 0 aliphatic heterocycles. The van der Waals surface area contributed by atoms with Crippen LogP contribution in [0.4, 0.5) is 0 Å². The highest BCUT2D eigenvalue weighted by Crippen LogP contribution is 2.12. The van der Waals surface area contributed by atoms with Crippen LogP contribution in [0.1, 0.15) is 16.1 Å². The minimum atomic E-state index is -0.553. The van der Waals surface area contributed by atoms with Gasteiger partial charge in [0.1, 0.15) is 18.6 Å². The molecule has 0 aliphatic rings. The van der Waals surface area contributed by atoms with Gasteiger partial charge < -0.3 is 4.74 Å². The van der Waals surface area contributed by atoms with Crippen molar-refractivity contribution in [3.63, 3.8) is 0 Å². The first-order chi connectivity index (χ1) is 13.1. The Morgan fingerprint density at radius 1 is 1.19 bits per heavy atom. The summed E-state index contributed by atoms with van der Waals surface area (Å²) < 4.78 is 8.02. The number of ether oxygens (including phenoxy) is 1. The third-order valence-electron chi connectivity index (χ3n) is 3.72. The van der Waals surface area contributed by atoms with Crippen molar-refractivity contribution in [3.8, 4) is 5.69 Å². The van der Waals surface area contributed by atoms with E-state index in [1.54, 1.807) is 36.4 Å². The van der Waals surface area contributed by atoms with Gasteiger partial charge in [0.15, 0.2) is 0 Å². The fourth-order valence-corrected chi connectivity index (χ4v) is 2.64. The lowest BCUT2D eigenvalue weighted by molar-refractivity contribution is 0.0467. The lowest BCUT2D eigenvalue weighted by Gasteiger charge is -2.07. The van der Waals surface area contributed by atoms with Crippen LogP contribution in [-0.2, 0) is 11.3 Å². The third kappa shape index (κ3) is 3.53. The highest BCUT2D eigenvalue weighted by atomic mass is 35.5. The van der Waals surface area contributed by atoms with Gasteiger partial charge in [0.2, 0.25) is 0 Å². The molecule has 1 aromatic carbocycles. The van der Waals surface area contributed by atoms with E-state index in [4.69, 9.17) is 16.3 Å². The molecule has 27 heavy (non-hydrogen) atoms. The van der Waals surface area contributed by atoms with Gasteiger partial charge in [-0.05, 0) is 40.8 Å². The molecular weight excluding hydrogens is 372 g/mol. The van der Waals surface area contributed by atoms with Crippen LogP contribution in [0.25, 0.3) is 11.3 Å². The molecule has 0 saturated carbocycles. The standard InChI is InChI=1S/C17H11ClN6O3/c18-12-4-5-15-20-13(7-16(25)23(15)8-12)9-27-17(26)11-2-1-3-14(6-11)24-10-19-21-22-24/h1-8,10H,9H2. The lowest BCUT2D eigenvalue weighted by atomic mass is 10.2. The Morgan fingerprint density at radius 2 is 2.07 bits per heavy atom. The summed E-state index contributed by atoms with van der Waals surface area (Å²) in [6.07, 6.45) is 2.90. The van der Waals surface area contributed by atoms with E-state index in [-0.39, 0.29) is 12.2 Å². The number of benzene rings is 1. The van der Waals surface area contributed by atoms with E-state index in [1.165, 1.54) is 27.7 Å². The van der Waals surface area contributed by atoms with Crippen LogP contribution in [0.2, 0.25) is 5.02 Å². The largest absolute Gasteiger partial charge is 0.456 e. The summed E-state index contributed by atoms with van der Waals surface area (Å²) in [5, 5.41) is 11.3. The predicted octanol–water partition coefficient (Wildman–Crippen LogP) is 1.68. The Kier molecular flexibility index (Phi) is 4.35. The summed E-state index contributed by atoms with van der Waals surface area (Å²) >= 11 is 5.88. The average Bonchev–Trinajstić information content (AvgIpc) is 3.22. The summed E-state index contributed by atoms with van der Waals surface area (Å²) in [7, 11) is 0. The van der Waals surface area contributed by atoms with Crippen LogP contribution in [0.3, 0.4) is 0 Å². The Bertz CT molecular complexity index is 1190. The normalized spacial score (nSPS) is 10.9. The quantitative estimate of drug-likeness (QED) is 0.494. The molecule has 0 saturated heterocycles. The first-order valence-corrected chi connectivity index (χ1v) is 8.16. The number of halogens is 1. The number of tetrazole rings is 1. The highest BCUT2D eigenvalue weighted by Gasteiger charge is 2.11. The van der Waals surface area contributed by atoms with Crippen molar-refractivity contribution in [1.29, 1.82) is 0 Å². The molecule has 0 N–H and O–H groups in total. The minimum Gasteiger partial charge on any atom is -0.456 e. The van der Waals surface area contributed by atoms with Gasteiger partial charge in [0.25, 0.3) is 5.56 Å². The Morgan fingerprint density at radius 3 is 2.89 bits per heavy atom. The van der Waals surface area contributed by atoms with E-state index in [1.807, 2.05) is 0 Å². The van der Waals surface area contributed by atoms with Gasteiger partial charge in [-0.3, -0.25) is 9.20 Å². The summed E-state index contributed by atoms with van der Waals surface area (Å²) in [5.41, 5.74) is 1.39. The molecule has 4 aromatic rings. The monoisotopic (exact) mass is 382 g/mol. The molecule has 9 nitrogen and oxygen atoms in total. The number of aromatic nitrogens is 6. The summed E-state index contributed by atoms with van der Waals surface area (Å²) in [6, 6.07) is 11.2. The first-order valence-electron chi connectivity index (χ1n) is 7.78. The van der Waals surface area contributed by atoms with Crippen molar-refractivity contribution in [2.45, 2.75) is 6.61 Å². The number of rotatable bonds is 4. The smallest absolute Gasteiger partial charge is 0.338 e. The van der Waals surface area contributed by atoms with Gasteiger partial charge in [-0.25, -0.2) is 14.5 Å². The zero-order chi connectivity index (χ0) is 18.8. The average molecular weight is 383 g/mol. The van der Waals surface area contributed by atoms with Crippen LogP contribution >= 0.6 is 11.6 Å². The molecule has 0 fully saturated rings. The molecule has 3 heterocycles. The number of pyridine rings is 1. The molecule has 0 bridgehead atoms. The highest BCUT2D eigenvalue weighted by molar-refractivity contribution is 6.30. The maximum Gasteiger partial charge on any atom is 0.338 e. The second-order valence-electron chi connectivity index (χ2n) is 5.54. The van der Waals surface area contributed by atoms with Crippen molar-refractivity contribution >= 4 is 23.2 Å². The van der Waals surface area contributed by atoms with Gasteiger partial charge in [-0.15, -0.1) is 5.10 Å². The third-order valence-corrected chi connectivity index (χ3v) is 3.95. The van der Waals surface area contributed by atoms with Crippen LogP contribution < -0.4 is 5.56 Å². The fourth-order valence-electron chi connectivity index (χ4n) is 2.48. The topological polar surface area (TPSA) is 104 Å². The van der Waals surface area contributed by atoms with Gasteiger partial charge in [0, 0.05) is 12.3 Å². The predicted molar refractivity (Wildman–Crippen MR) is 94.7 cm³/mol. The number of esters is 1. The van der Waals surface area contributed by atoms with Crippen LogP contribution in [0.15, 0.2) is 59.8 Å². The summed E-state index contributed by atoms with van der Waals surface area (Å²) in [6.45, 7) is -0.137. The SMILES string of the molecule is O=C(OCc1cc(=O)n2cc(Cl)ccc2n1)c1cccc(-n2cnnn2)c1. The van der Waals surface area contributed by atoms with E-state index in [9.17, 15) is 9.59 Å². The van der Waals surface area contributed by atoms with Crippen LogP contribution in [0, 0.1) is 0 Å². The molecular formula is C17H11ClN6O3. The molecule has 0 atom stereocenters. The van der Waals surface area contributed by atoms with Gasteiger partial charge in [0.05, 0.1) is 22.0 Å². The zero-order valence-electron chi connectivity index (χ0n) is 13.7. The second kappa shape index (κ2) is 6.96. The van der Waals surface area contributed by atoms with Gasteiger partial charge in [-0.2, -0.15) is 0 Å². The van der Waals surface area contributed by atoms with Crippen LogP contribution in [0.5, 0.6) is 0 Å². The fraction of sp³-hybridized carbons (Fsp3) is 0.0588. The molecule has 3 aromatic heterocycles. The number of hydrogen-bond donors (Lipinski definition) is 0. The maximum atomic E-state index is 12.3. The van der Waals surface area contributed by atoms with Crippen molar-refractivity contribution < 1.29 is 9.53 Å². The molecule has 0 unspecified atom stereocenters. The zero-order valence-corrected chi connectivity index (χ0v) is 14.4. The van der Waals surface area contributed by atoms with E-state index in [0.29, 0.717) is 27.6 Å². The Labute approximate surface area is 156 Å². The van der Waals surface area contributed by atoms with E-state index in [0.717, 1.165) is 0 Å². The van der Waals surface area contributed by atoms with Gasteiger partial charge in [-0.1, -0.05) is 17.7 Å². The van der Waals surface area contributed by atoms with Crippen molar-refractivity contribution in [2.75, 3.05) is 0 Å². The van der Waals surface area contributed by atoms with E-state index >= 15 is 0 Å². The number of hydrogen-bond acceptors (Lipinski definition) is 7.